The average molecular weight is 338 g/mol. The van der Waals surface area contributed by atoms with Gasteiger partial charge < -0.3 is 9.84 Å². The molecule has 0 heterocycles. The molecule has 1 aromatic carbocycles. The minimum Gasteiger partial charge on any atom is -0.505 e. The normalized spacial score (nSPS) is 13.6. The molecule has 130 valence electrons. The Labute approximate surface area is 140 Å². The van der Waals surface area contributed by atoms with Gasteiger partial charge in [0.2, 0.25) is 0 Å². The van der Waals surface area contributed by atoms with Gasteiger partial charge in [-0.3, -0.25) is 0 Å². The van der Waals surface area contributed by atoms with Crippen molar-refractivity contribution in [2.75, 3.05) is 7.11 Å². The number of phenolic OH excluding ortho intramolecular Hbond substituents is 1. The van der Waals surface area contributed by atoms with Crippen LogP contribution in [0.25, 0.3) is 5.57 Å². The largest absolute Gasteiger partial charge is 0.505 e. The molecule has 2 nitrogen and oxygen atoms in total. The van der Waals surface area contributed by atoms with E-state index in [-0.39, 0.29) is 5.57 Å². The van der Waals surface area contributed by atoms with Gasteiger partial charge in [-0.05, 0) is 50.1 Å². The monoisotopic (exact) mass is 338 g/mol. The number of allylic oxidation sites excluding steroid dienone is 5. The predicted molar refractivity (Wildman–Crippen MR) is 90.0 cm³/mol. The Morgan fingerprint density at radius 2 is 1.88 bits per heavy atom. The third kappa shape index (κ3) is 4.31. The van der Waals surface area contributed by atoms with E-state index in [1.54, 1.807) is 0 Å². The molecular formula is C19H21F3O2. The fraction of sp³-hybridized carbons (Fsp3) is 0.263. The predicted octanol–water partition coefficient (Wildman–Crippen LogP) is 5.81. The number of methoxy groups -OCH3 is 1. The Balaban J connectivity index is 3.35. The van der Waals surface area contributed by atoms with Crippen LogP contribution in [-0.4, -0.2) is 12.2 Å². The van der Waals surface area contributed by atoms with Crippen LogP contribution >= 0.6 is 0 Å². The lowest BCUT2D eigenvalue weighted by Gasteiger charge is -2.10. The van der Waals surface area contributed by atoms with E-state index in [1.165, 1.54) is 20.1 Å². The summed E-state index contributed by atoms with van der Waals surface area (Å²) in [5.74, 6) is -3.35. The topological polar surface area (TPSA) is 29.5 Å². The molecule has 0 aromatic heterocycles. The maximum Gasteiger partial charge on any atom is 0.175 e. The number of benzene rings is 1. The first kappa shape index (κ1) is 19.6. The fourth-order valence-corrected chi connectivity index (χ4v) is 2.06. The van der Waals surface area contributed by atoms with E-state index in [0.717, 1.165) is 23.8 Å². The minimum absolute atomic E-state index is 0.256. The van der Waals surface area contributed by atoms with Gasteiger partial charge in [0.1, 0.15) is 17.4 Å². The summed E-state index contributed by atoms with van der Waals surface area (Å²) >= 11 is 0. The van der Waals surface area contributed by atoms with Gasteiger partial charge in [0.25, 0.3) is 0 Å². The van der Waals surface area contributed by atoms with Gasteiger partial charge in [0.05, 0.1) is 12.7 Å². The second-order valence-corrected chi connectivity index (χ2v) is 5.24. The van der Waals surface area contributed by atoms with Crippen LogP contribution in [0.5, 0.6) is 5.75 Å². The van der Waals surface area contributed by atoms with Crippen LogP contribution in [0.2, 0.25) is 0 Å². The first-order chi connectivity index (χ1) is 11.2. The molecule has 0 unspecified atom stereocenters. The summed E-state index contributed by atoms with van der Waals surface area (Å²) in [6.07, 6.45) is 3.25. The molecule has 0 bridgehead atoms. The van der Waals surface area contributed by atoms with Gasteiger partial charge in [-0.15, -0.1) is 0 Å². The van der Waals surface area contributed by atoms with Gasteiger partial charge in [-0.25, -0.2) is 13.2 Å². The van der Waals surface area contributed by atoms with Crippen molar-refractivity contribution in [3.8, 4) is 5.75 Å². The van der Waals surface area contributed by atoms with E-state index in [1.807, 2.05) is 13.8 Å². The average Bonchev–Trinajstić information content (AvgIpc) is 2.57. The highest BCUT2D eigenvalue weighted by molar-refractivity contribution is 5.70. The van der Waals surface area contributed by atoms with Crippen molar-refractivity contribution >= 4 is 5.57 Å². The summed E-state index contributed by atoms with van der Waals surface area (Å²) in [7, 11) is 1.45. The van der Waals surface area contributed by atoms with Crippen LogP contribution in [0.1, 0.15) is 32.8 Å². The van der Waals surface area contributed by atoms with Crippen LogP contribution in [0.3, 0.4) is 0 Å². The molecule has 0 spiro atoms. The zero-order valence-electron chi connectivity index (χ0n) is 14.2. The maximum atomic E-state index is 14.4. The van der Waals surface area contributed by atoms with Crippen molar-refractivity contribution in [1.82, 2.24) is 0 Å². The van der Waals surface area contributed by atoms with Crippen LogP contribution in [0.15, 0.2) is 53.6 Å². The zero-order chi connectivity index (χ0) is 18.4. The van der Waals surface area contributed by atoms with Crippen molar-refractivity contribution in [3.63, 3.8) is 0 Å². The Morgan fingerprint density at radius 3 is 2.42 bits per heavy atom. The summed E-state index contributed by atoms with van der Waals surface area (Å²) in [6, 6.07) is 1.76. The number of aromatic hydroxyl groups is 1. The van der Waals surface area contributed by atoms with Gasteiger partial charge in [-0.2, -0.15) is 0 Å². The van der Waals surface area contributed by atoms with Crippen molar-refractivity contribution in [1.29, 1.82) is 0 Å². The Bertz CT molecular complexity index is 728. The molecule has 0 fully saturated rings. The second kappa shape index (κ2) is 8.43. The molecule has 1 rings (SSSR count). The highest BCUT2D eigenvalue weighted by Gasteiger charge is 2.17. The van der Waals surface area contributed by atoms with E-state index in [0.29, 0.717) is 17.8 Å². The van der Waals surface area contributed by atoms with Gasteiger partial charge in [-0.1, -0.05) is 19.1 Å². The molecule has 5 heteroatoms. The number of halogens is 3. The molecule has 0 aliphatic carbocycles. The van der Waals surface area contributed by atoms with Gasteiger partial charge >= 0.3 is 0 Å². The van der Waals surface area contributed by atoms with Crippen LogP contribution in [0, 0.1) is 11.6 Å². The lowest BCUT2D eigenvalue weighted by molar-refractivity contribution is 0.304. The first-order valence-electron chi connectivity index (χ1n) is 7.39. The third-order valence-electron chi connectivity index (χ3n) is 3.74. The minimum atomic E-state index is -1.20. The smallest absolute Gasteiger partial charge is 0.175 e. The molecule has 1 aromatic rings. The summed E-state index contributed by atoms with van der Waals surface area (Å²) in [5, 5.41) is 9.34. The Morgan fingerprint density at radius 1 is 1.25 bits per heavy atom. The van der Waals surface area contributed by atoms with Crippen molar-refractivity contribution in [3.05, 3.63) is 70.8 Å². The third-order valence-corrected chi connectivity index (χ3v) is 3.74. The maximum absolute atomic E-state index is 14.4. The summed E-state index contributed by atoms with van der Waals surface area (Å²) < 4.78 is 47.1. The SMILES string of the molecule is C=C(OC)C(C=CC(F)=C(C)c1c(F)ccc(O)c1F)=C(C)CC. The standard InChI is InChI=1S/C19H21F3O2/c1-6-11(2)14(13(4)24-5)7-8-15(20)12(3)18-16(21)9-10-17(23)19(18)22/h7-10,23H,4,6H2,1-3,5H3. The molecule has 0 amide bonds. The fourth-order valence-electron chi connectivity index (χ4n) is 2.06. The van der Waals surface area contributed by atoms with E-state index >= 15 is 0 Å². The molecular weight excluding hydrogens is 317 g/mol. The Kier molecular flexibility index (Phi) is 6.89. The molecule has 0 saturated heterocycles. The molecule has 0 aliphatic heterocycles. The van der Waals surface area contributed by atoms with Crippen molar-refractivity contribution in [2.45, 2.75) is 27.2 Å². The summed E-state index contributed by atoms with van der Waals surface area (Å²) in [5.41, 5.74) is 0.687. The van der Waals surface area contributed by atoms with E-state index in [2.05, 4.69) is 6.58 Å². The number of phenols is 1. The summed E-state index contributed by atoms with van der Waals surface area (Å²) in [6.45, 7) is 8.76. The highest BCUT2D eigenvalue weighted by Crippen LogP contribution is 2.30. The zero-order valence-corrected chi connectivity index (χ0v) is 14.2. The number of ether oxygens (including phenoxy) is 1. The van der Waals surface area contributed by atoms with E-state index in [4.69, 9.17) is 4.74 Å². The van der Waals surface area contributed by atoms with E-state index in [9.17, 15) is 18.3 Å². The molecule has 0 aliphatic rings. The summed E-state index contributed by atoms with van der Waals surface area (Å²) in [4.78, 5) is 0. The Hall–Kier alpha value is -2.43. The van der Waals surface area contributed by atoms with Crippen LogP contribution < -0.4 is 0 Å². The number of hydrogen-bond acceptors (Lipinski definition) is 2. The lowest BCUT2D eigenvalue weighted by atomic mass is 10.0. The molecule has 0 atom stereocenters. The highest BCUT2D eigenvalue weighted by atomic mass is 19.1. The van der Waals surface area contributed by atoms with Gasteiger partial charge in [0, 0.05) is 5.57 Å². The number of hydrogen-bond donors (Lipinski definition) is 1. The molecule has 1 N–H and O–H groups in total. The van der Waals surface area contributed by atoms with E-state index < -0.39 is 28.8 Å². The molecule has 0 saturated carbocycles. The second-order valence-electron chi connectivity index (χ2n) is 5.24. The van der Waals surface area contributed by atoms with Crippen LogP contribution in [0.4, 0.5) is 13.2 Å². The molecule has 24 heavy (non-hydrogen) atoms. The van der Waals surface area contributed by atoms with Crippen molar-refractivity contribution in [2.24, 2.45) is 0 Å². The quantitative estimate of drug-likeness (QED) is 0.523. The van der Waals surface area contributed by atoms with Crippen LogP contribution in [-0.2, 0) is 4.74 Å². The van der Waals surface area contributed by atoms with Gasteiger partial charge in [0.15, 0.2) is 11.6 Å². The molecule has 0 radical (unpaired) electrons. The first-order valence-corrected chi connectivity index (χ1v) is 7.39. The number of rotatable bonds is 6. The lowest BCUT2D eigenvalue weighted by Crippen LogP contribution is -1.95. The van der Waals surface area contributed by atoms with Crippen molar-refractivity contribution < 1.29 is 23.0 Å².